The summed E-state index contributed by atoms with van der Waals surface area (Å²) in [6.07, 6.45) is 0.693. The summed E-state index contributed by atoms with van der Waals surface area (Å²) in [5.41, 5.74) is 4.56. The summed E-state index contributed by atoms with van der Waals surface area (Å²) in [4.78, 5) is 23.1. The van der Waals surface area contributed by atoms with Crippen molar-refractivity contribution in [2.45, 2.75) is 66.0 Å². The number of Topliss-reactive ketones (excluding diaryl/α,β-unsaturated/α-hetero) is 1. The monoisotopic (exact) mass is 242 g/mol. The Kier molecular flexibility index (Phi) is 5.33. The van der Waals surface area contributed by atoms with Crippen LogP contribution in [0.25, 0.3) is 0 Å². The predicted octanol–water partition coefficient (Wildman–Crippen LogP) is 1.62. The van der Waals surface area contributed by atoms with Gasteiger partial charge in [-0.05, 0) is 27.2 Å². The molecule has 0 fully saturated rings. The van der Waals surface area contributed by atoms with Crippen LogP contribution in [0.3, 0.4) is 0 Å². The fourth-order valence-corrected chi connectivity index (χ4v) is 1.60. The number of hydrogen-bond donors (Lipinski definition) is 2. The maximum atomic E-state index is 12.2. The Hall–Kier alpha value is -0.900. The van der Waals surface area contributed by atoms with Gasteiger partial charge in [0.15, 0.2) is 5.78 Å². The standard InChI is InChI=1S/C13H26N2O2/c1-12(2,3)11(17)9(7-8-10(14)16)15-13(4,5)6/h9,15H,7-8H2,1-6H3,(H2,14,16). The molecule has 0 saturated heterocycles. The molecule has 0 aromatic carbocycles. The van der Waals surface area contributed by atoms with Crippen LogP contribution in [0.4, 0.5) is 0 Å². The molecule has 0 aromatic rings. The molecule has 4 heteroatoms. The van der Waals surface area contributed by atoms with E-state index in [9.17, 15) is 9.59 Å². The summed E-state index contributed by atoms with van der Waals surface area (Å²) >= 11 is 0. The second-order valence-electron chi connectivity index (χ2n) is 6.57. The van der Waals surface area contributed by atoms with Crippen LogP contribution >= 0.6 is 0 Å². The number of nitrogens with two attached hydrogens (primary N) is 1. The summed E-state index contributed by atoms with van der Waals surface area (Å²) in [5.74, 6) is -0.249. The minimum Gasteiger partial charge on any atom is -0.370 e. The minimum absolute atomic E-state index is 0.119. The van der Waals surface area contributed by atoms with Crippen molar-refractivity contribution in [1.29, 1.82) is 0 Å². The van der Waals surface area contributed by atoms with E-state index in [1.165, 1.54) is 0 Å². The second-order valence-corrected chi connectivity index (χ2v) is 6.57. The predicted molar refractivity (Wildman–Crippen MR) is 69.6 cm³/mol. The van der Waals surface area contributed by atoms with Crippen molar-refractivity contribution in [1.82, 2.24) is 5.32 Å². The van der Waals surface area contributed by atoms with Crippen molar-refractivity contribution < 1.29 is 9.59 Å². The van der Waals surface area contributed by atoms with E-state index >= 15 is 0 Å². The van der Waals surface area contributed by atoms with E-state index in [2.05, 4.69) is 5.32 Å². The molecule has 1 unspecified atom stereocenters. The average Bonchev–Trinajstić information content (AvgIpc) is 2.07. The first-order valence-electron chi connectivity index (χ1n) is 6.04. The normalized spacial score (nSPS) is 14.5. The van der Waals surface area contributed by atoms with Crippen LogP contribution in [-0.2, 0) is 9.59 Å². The number of ketones is 1. The van der Waals surface area contributed by atoms with Gasteiger partial charge in [-0.25, -0.2) is 0 Å². The van der Waals surface area contributed by atoms with Gasteiger partial charge in [0.1, 0.15) is 0 Å². The Balaban J connectivity index is 4.73. The zero-order chi connectivity index (χ0) is 13.9. The van der Waals surface area contributed by atoms with E-state index in [0.717, 1.165) is 0 Å². The molecule has 0 aromatic heterocycles. The Morgan fingerprint density at radius 1 is 1.12 bits per heavy atom. The van der Waals surface area contributed by atoms with Crippen LogP contribution in [0, 0.1) is 5.41 Å². The third-order valence-corrected chi connectivity index (χ3v) is 2.34. The maximum absolute atomic E-state index is 12.2. The lowest BCUT2D eigenvalue weighted by atomic mass is 9.84. The zero-order valence-corrected chi connectivity index (χ0v) is 11.9. The first-order chi connectivity index (χ1) is 7.43. The molecule has 100 valence electrons. The van der Waals surface area contributed by atoms with Crippen LogP contribution in [0.15, 0.2) is 0 Å². The molecule has 1 atom stereocenters. The number of carbonyl (C=O) groups excluding carboxylic acids is 2. The van der Waals surface area contributed by atoms with Gasteiger partial charge in [-0.15, -0.1) is 0 Å². The highest BCUT2D eigenvalue weighted by Gasteiger charge is 2.31. The highest BCUT2D eigenvalue weighted by molar-refractivity contribution is 5.89. The van der Waals surface area contributed by atoms with Crippen LogP contribution in [-0.4, -0.2) is 23.3 Å². The van der Waals surface area contributed by atoms with Gasteiger partial charge in [0.05, 0.1) is 6.04 Å². The molecule has 3 N–H and O–H groups in total. The number of hydrogen-bond acceptors (Lipinski definition) is 3. The zero-order valence-electron chi connectivity index (χ0n) is 11.9. The first kappa shape index (κ1) is 16.1. The van der Waals surface area contributed by atoms with E-state index in [1.807, 2.05) is 41.5 Å². The number of nitrogens with one attached hydrogen (secondary N) is 1. The Bertz CT molecular complexity index is 285. The van der Waals surface area contributed by atoms with E-state index in [4.69, 9.17) is 5.73 Å². The van der Waals surface area contributed by atoms with Crippen molar-refractivity contribution in [3.8, 4) is 0 Å². The second kappa shape index (κ2) is 5.63. The number of rotatable bonds is 5. The molecule has 0 aliphatic rings. The number of primary amides is 1. The van der Waals surface area contributed by atoms with Gasteiger partial charge in [0.2, 0.25) is 5.91 Å². The van der Waals surface area contributed by atoms with Crippen LogP contribution in [0.2, 0.25) is 0 Å². The summed E-state index contributed by atoms with van der Waals surface area (Å²) in [7, 11) is 0. The number of amides is 1. The van der Waals surface area contributed by atoms with Crippen molar-refractivity contribution in [2.24, 2.45) is 11.1 Å². The Labute approximate surface area is 104 Å². The van der Waals surface area contributed by atoms with Crippen molar-refractivity contribution >= 4 is 11.7 Å². The molecule has 0 aliphatic carbocycles. The van der Waals surface area contributed by atoms with E-state index < -0.39 is 5.41 Å². The van der Waals surface area contributed by atoms with Gasteiger partial charge >= 0.3 is 0 Å². The van der Waals surface area contributed by atoms with E-state index in [0.29, 0.717) is 6.42 Å². The summed E-state index contributed by atoms with van der Waals surface area (Å²) in [6.45, 7) is 11.7. The molecule has 0 rings (SSSR count). The molecule has 0 radical (unpaired) electrons. The summed E-state index contributed by atoms with van der Waals surface area (Å²) < 4.78 is 0. The van der Waals surface area contributed by atoms with E-state index in [1.54, 1.807) is 0 Å². The quantitative estimate of drug-likeness (QED) is 0.769. The molecule has 0 spiro atoms. The topological polar surface area (TPSA) is 72.2 Å². The van der Waals surface area contributed by atoms with Crippen LogP contribution in [0.5, 0.6) is 0 Å². The van der Waals surface area contributed by atoms with Crippen LogP contribution in [0.1, 0.15) is 54.4 Å². The summed E-state index contributed by atoms with van der Waals surface area (Å²) in [6, 6.07) is -0.317. The molecular formula is C13H26N2O2. The smallest absolute Gasteiger partial charge is 0.217 e. The molecule has 0 heterocycles. The largest absolute Gasteiger partial charge is 0.370 e. The van der Waals surface area contributed by atoms with Gasteiger partial charge < -0.3 is 11.1 Å². The van der Waals surface area contributed by atoms with Crippen LogP contribution < -0.4 is 11.1 Å². The number of carbonyl (C=O) groups is 2. The van der Waals surface area contributed by atoms with Gasteiger partial charge in [0.25, 0.3) is 0 Å². The Morgan fingerprint density at radius 2 is 1.59 bits per heavy atom. The minimum atomic E-state index is -0.416. The highest BCUT2D eigenvalue weighted by atomic mass is 16.1. The third kappa shape index (κ3) is 7.10. The molecule has 0 bridgehead atoms. The third-order valence-electron chi connectivity index (χ3n) is 2.34. The summed E-state index contributed by atoms with van der Waals surface area (Å²) in [5, 5.41) is 3.26. The fraction of sp³-hybridized carbons (Fsp3) is 0.846. The van der Waals surface area contributed by atoms with Crippen molar-refractivity contribution in [3.05, 3.63) is 0 Å². The Morgan fingerprint density at radius 3 is 1.88 bits per heavy atom. The first-order valence-corrected chi connectivity index (χ1v) is 6.04. The fourth-order valence-electron chi connectivity index (χ4n) is 1.60. The maximum Gasteiger partial charge on any atom is 0.217 e. The molecular weight excluding hydrogens is 216 g/mol. The molecule has 0 aliphatic heterocycles. The van der Waals surface area contributed by atoms with Gasteiger partial charge in [-0.2, -0.15) is 0 Å². The van der Waals surface area contributed by atoms with E-state index in [-0.39, 0.29) is 29.7 Å². The highest BCUT2D eigenvalue weighted by Crippen LogP contribution is 2.20. The SMILES string of the molecule is CC(C)(C)NC(CCC(N)=O)C(=O)C(C)(C)C. The van der Waals surface area contributed by atoms with Gasteiger partial charge in [-0.3, -0.25) is 9.59 Å². The molecule has 1 amide bonds. The lowest BCUT2D eigenvalue weighted by Gasteiger charge is -2.31. The van der Waals surface area contributed by atoms with Crippen molar-refractivity contribution in [2.75, 3.05) is 0 Å². The van der Waals surface area contributed by atoms with Gasteiger partial charge in [-0.1, -0.05) is 20.8 Å². The van der Waals surface area contributed by atoms with Crippen molar-refractivity contribution in [3.63, 3.8) is 0 Å². The molecule has 0 saturated carbocycles. The van der Waals surface area contributed by atoms with Gasteiger partial charge in [0, 0.05) is 17.4 Å². The average molecular weight is 242 g/mol. The lowest BCUT2D eigenvalue weighted by Crippen LogP contribution is -2.51. The lowest BCUT2D eigenvalue weighted by molar-refractivity contribution is -0.129. The molecule has 4 nitrogen and oxygen atoms in total. The molecule has 17 heavy (non-hydrogen) atoms.